The molecule has 18 heavy (non-hydrogen) atoms. The van der Waals surface area contributed by atoms with Crippen molar-refractivity contribution in [1.82, 2.24) is 5.32 Å². The molecule has 0 saturated heterocycles. The van der Waals surface area contributed by atoms with Crippen LogP contribution >= 0.6 is 0 Å². The molecule has 0 saturated carbocycles. The zero-order chi connectivity index (χ0) is 13.6. The van der Waals surface area contributed by atoms with Gasteiger partial charge in [-0.05, 0) is 25.3 Å². The first kappa shape index (κ1) is 14.7. The van der Waals surface area contributed by atoms with E-state index in [1.54, 1.807) is 0 Å². The first-order valence-corrected chi connectivity index (χ1v) is 6.62. The predicted octanol–water partition coefficient (Wildman–Crippen LogP) is 2.38. The highest BCUT2D eigenvalue weighted by molar-refractivity contribution is 5.82. The van der Waals surface area contributed by atoms with Gasteiger partial charge in [-0.25, -0.2) is 0 Å². The number of aryl methyl sites for hydroxylation is 1. The Morgan fingerprint density at radius 1 is 1.33 bits per heavy atom. The van der Waals surface area contributed by atoms with E-state index in [-0.39, 0.29) is 5.91 Å². The van der Waals surface area contributed by atoms with Crippen molar-refractivity contribution in [2.24, 2.45) is 11.1 Å². The van der Waals surface area contributed by atoms with Crippen LogP contribution in [0, 0.1) is 12.3 Å². The van der Waals surface area contributed by atoms with Gasteiger partial charge in [-0.2, -0.15) is 0 Å². The molecule has 0 radical (unpaired) electrons. The molecule has 1 aromatic rings. The molecule has 0 bridgehead atoms. The predicted molar refractivity (Wildman–Crippen MR) is 75.1 cm³/mol. The summed E-state index contributed by atoms with van der Waals surface area (Å²) >= 11 is 0. The molecule has 3 nitrogen and oxygen atoms in total. The average molecular weight is 248 g/mol. The number of nitrogens with one attached hydrogen (secondary N) is 1. The molecule has 0 fully saturated rings. The lowest BCUT2D eigenvalue weighted by atomic mass is 9.81. The van der Waals surface area contributed by atoms with E-state index >= 15 is 0 Å². The average Bonchev–Trinajstić information content (AvgIpc) is 2.39. The molecule has 3 N–H and O–H groups in total. The number of rotatable bonds is 6. The van der Waals surface area contributed by atoms with Crippen LogP contribution in [0.15, 0.2) is 24.3 Å². The van der Waals surface area contributed by atoms with Crippen LogP contribution in [-0.2, 0) is 11.3 Å². The van der Waals surface area contributed by atoms with Crippen molar-refractivity contribution in [3.8, 4) is 0 Å². The highest BCUT2D eigenvalue weighted by Gasteiger charge is 2.32. The summed E-state index contributed by atoms with van der Waals surface area (Å²) in [5, 5.41) is 3.00. The summed E-state index contributed by atoms with van der Waals surface area (Å²) < 4.78 is 0. The lowest BCUT2D eigenvalue weighted by Gasteiger charge is -2.28. The van der Waals surface area contributed by atoms with Crippen LogP contribution in [-0.4, -0.2) is 12.5 Å². The minimum Gasteiger partial charge on any atom is -0.352 e. The van der Waals surface area contributed by atoms with Gasteiger partial charge < -0.3 is 11.1 Å². The van der Waals surface area contributed by atoms with Gasteiger partial charge in [-0.1, -0.05) is 43.7 Å². The number of hydrogen-bond donors (Lipinski definition) is 2. The summed E-state index contributed by atoms with van der Waals surface area (Å²) in [5.41, 5.74) is 7.68. The summed E-state index contributed by atoms with van der Waals surface area (Å²) in [6, 6.07) is 8.16. The van der Waals surface area contributed by atoms with Crippen molar-refractivity contribution in [3.63, 3.8) is 0 Å². The number of carbonyl (C=O) groups excluding carboxylic acids is 1. The van der Waals surface area contributed by atoms with E-state index in [0.717, 1.165) is 18.4 Å². The van der Waals surface area contributed by atoms with Gasteiger partial charge in [0, 0.05) is 13.1 Å². The standard InChI is InChI=1S/C15H24N2O/c1-4-15(5-2,11-16)14(18)17-10-13-8-6-7-12(3)9-13/h6-9H,4-5,10-11,16H2,1-3H3,(H,17,18). The second-order valence-electron chi connectivity index (χ2n) is 4.86. The molecule has 100 valence electrons. The smallest absolute Gasteiger partial charge is 0.227 e. The van der Waals surface area contributed by atoms with Crippen molar-refractivity contribution in [2.75, 3.05) is 6.54 Å². The Labute approximate surface area is 110 Å². The van der Waals surface area contributed by atoms with Gasteiger partial charge in [-0.3, -0.25) is 4.79 Å². The summed E-state index contributed by atoms with van der Waals surface area (Å²) in [5.74, 6) is 0.0662. The number of hydrogen-bond acceptors (Lipinski definition) is 2. The molecule has 0 unspecified atom stereocenters. The van der Waals surface area contributed by atoms with Gasteiger partial charge in [0.1, 0.15) is 0 Å². The number of benzene rings is 1. The Morgan fingerprint density at radius 3 is 2.50 bits per heavy atom. The fourth-order valence-electron chi connectivity index (χ4n) is 2.14. The summed E-state index contributed by atoms with van der Waals surface area (Å²) in [6.07, 6.45) is 1.55. The van der Waals surface area contributed by atoms with Crippen LogP contribution < -0.4 is 11.1 Å². The molecule has 0 aliphatic heterocycles. The second kappa shape index (κ2) is 6.55. The molecule has 1 amide bonds. The van der Waals surface area contributed by atoms with Crippen LogP contribution in [0.4, 0.5) is 0 Å². The van der Waals surface area contributed by atoms with Crippen molar-refractivity contribution in [2.45, 2.75) is 40.2 Å². The topological polar surface area (TPSA) is 55.1 Å². The molecule has 0 aliphatic carbocycles. The monoisotopic (exact) mass is 248 g/mol. The van der Waals surface area contributed by atoms with Gasteiger partial charge in [0.15, 0.2) is 0 Å². The molecule has 0 aromatic heterocycles. The van der Waals surface area contributed by atoms with Gasteiger partial charge in [0.05, 0.1) is 5.41 Å². The summed E-state index contributed by atoms with van der Waals surface area (Å²) in [4.78, 5) is 12.2. The molecule has 1 rings (SSSR count). The molecular weight excluding hydrogens is 224 g/mol. The Bertz CT molecular complexity index is 389. The zero-order valence-electron chi connectivity index (χ0n) is 11.6. The minimum atomic E-state index is -0.413. The van der Waals surface area contributed by atoms with Crippen molar-refractivity contribution in [3.05, 3.63) is 35.4 Å². The number of nitrogens with two attached hydrogens (primary N) is 1. The third-order valence-electron chi connectivity index (χ3n) is 3.76. The van der Waals surface area contributed by atoms with E-state index in [4.69, 9.17) is 5.73 Å². The fourth-order valence-corrected chi connectivity index (χ4v) is 2.14. The highest BCUT2D eigenvalue weighted by atomic mass is 16.2. The quantitative estimate of drug-likeness (QED) is 0.812. The van der Waals surface area contributed by atoms with Crippen molar-refractivity contribution >= 4 is 5.91 Å². The summed E-state index contributed by atoms with van der Waals surface area (Å²) in [7, 11) is 0. The minimum absolute atomic E-state index is 0.0662. The Morgan fingerprint density at radius 2 is 2.00 bits per heavy atom. The highest BCUT2D eigenvalue weighted by Crippen LogP contribution is 2.25. The Hall–Kier alpha value is -1.35. The lowest BCUT2D eigenvalue weighted by Crippen LogP contribution is -2.45. The van der Waals surface area contributed by atoms with E-state index in [1.807, 2.05) is 39.0 Å². The first-order chi connectivity index (χ1) is 8.57. The van der Waals surface area contributed by atoms with Gasteiger partial charge in [0.25, 0.3) is 0 Å². The second-order valence-corrected chi connectivity index (χ2v) is 4.86. The van der Waals surface area contributed by atoms with Gasteiger partial charge in [0.2, 0.25) is 5.91 Å². The van der Waals surface area contributed by atoms with Gasteiger partial charge >= 0.3 is 0 Å². The normalized spacial score (nSPS) is 11.3. The lowest BCUT2D eigenvalue weighted by molar-refractivity contribution is -0.131. The molecule has 3 heteroatoms. The molecule has 0 aliphatic rings. The third kappa shape index (κ3) is 3.33. The first-order valence-electron chi connectivity index (χ1n) is 6.62. The van der Waals surface area contributed by atoms with E-state index in [1.165, 1.54) is 5.56 Å². The van der Waals surface area contributed by atoms with E-state index in [9.17, 15) is 4.79 Å². The van der Waals surface area contributed by atoms with Crippen LogP contribution in [0.3, 0.4) is 0 Å². The van der Waals surface area contributed by atoms with E-state index in [2.05, 4.69) is 11.4 Å². The maximum absolute atomic E-state index is 12.2. The van der Waals surface area contributed by atoms with Crippen molar-refractivity contribution in [1.29, 1.82) is 0 Å². The Kier molecular flexibility index (Phi) is 5.35. The van der Waals surface area contributed by atoms with Gasteiger partial charge in [-0.15, -0.1) is 0 Å². The zero-order valence-corrected chi connectivity index (χ0v) is 11.6. The maximum atomic E-state index is 12.2. The molecule has 0 spiro atoms. The molecule has 0 atom stereocenters. The van der Waals surface area contributed by atoms with E-state index < -0.39 is 5.41 Å². The van der Waals surface area contributed by atoms with Crippen LogP contribution in [0.2, 0.25) is 0 Å². The maximum Gasteiger partial charge on any atom is 0.227 e. The summed E-state index contributed by atoms with van der Waals surface area (Å²) in [6.45, 7) is 7.06. The number of carbonyl (C=O) groups is 1. The fraction of sp³-hybridized carbons (Fsp3) is 0.533. The largest absolute Gasteiger partial charge is 0.352 e. The van der Waals surface area contributed by atoms with Crippen molar-refractivity contribution < 1.29 is 4.79 Å². The molecule has 1 aromatic carbocycles. The number of amides is 1. The molecule has 0 heterocycles. The van der Waals surface area contributed by atoms with Crippen LogP contribution in [0.25, 0.3) is 0 Å². The third-order valence-corrected chi connectivity index (χ3v) is 3.76. The molecular formula is C15H24N2O. The van der Waals surface area contributed by atoms with Crippen LogP contribution in [0.1, 0.15) is 37.8 Å². The Balaban J connectivity index is 2.65. The van der Waals surface area contributed by atoms with Crippen LogP contribution in [0.5, 0.6) is 0 Å². The van der Waals surface area contributed by atoms with E-state index in [0.29, 0.717) is 13.1 Å². The SMILES string of the molecule is CCC(CC)(CN)C(=O)NCc1cccc(C)c1.